The van der Waals surface area contributed by atoms with Crippen molar-refractivity contribution in [2.24, 2.45) is 0 Å². The molecule has 0 aliphatic carbocycles. The molecule has 6 saturated heterocycles. The molecule has 6 fully saturated rings. The van der Waals surface area contributed by atoms with E-state index in [1.54, 1.807) is 27.4 Å². The van der Waals surface area contributed by atoms with Crippen LogP contribution in [0.3, 0.4) is 0 Å². The van der Waals surface area contributed by atoms with Crippen LogP contribution in [0, 0.1) is 20.8 Å². The Balaban J connectivity index is 0.000000149. The first-order chi connectivity index (χ1) is 60.3. The zero-order valence-corrected chi connectivity index (χ0v) is 85.3. The molecule has 23 heteroatoms. The van der Waals surface area contributed by atoms with Crippen molar-refractivity contribution >= 4 is 90.1 Å². The first-order valence-electron chi connectivity index (χ1n) is 48.1. The zero-order valence-electron chi connectivity index (χ0n) is 82.0. The van der Waals surface area contributed by atoms with Crippen LogP contribution in [0.25, 0.3) is 43.6 Å². The maximum absolute atomic E-state index is 13.1. The van der Waals surface area contributed by atoms with Gasteiger partial charge < -0.3 is 9.64 Å². The molecule has 0 radical (unpaired) electrons. The number of anilines is 1. The fraction of sp³-hybridized carbons (Fsp3) is 0.581. The number of aromatic nitrogens is 4. The number of morpholine rings is 1. The first-order valence-corrected chi connectivity index (χ1v) is 53.7. The predicted molar refractivity (Wildman–Crippen MR) is 537 cm³/mol. The van der Waals surface area contributed by atoms with Crippen LogP contribution in [-0.2, 0) is 62.9 Å². The smallest absolute Gasteiger partial charge is 0.308 e. The van der Waals surface area contributed by atoms with Crippen LogP contribution in [0.4, 0.5) is 5.69 Å². The summed E-state index contributed by atoms with van der Waals surface area (Å²) in [6, 6.07) is 41.9. The fourth-order valence-corrected chi connectivity index (χ4v) is 26.0. The van der Waals surface area contributed by atoms with E-state index in [0.29, 0.717) is 87.9 Å². The topological polar surface area (TPSA) is 185 Å². The predicted octanol–water partition coefficient (Wildman–Crippen LogP) is 24.1. The zero-order chi connectivity index (χ0) is 93.3. The number of benzene rings is 6. The number of para-hydroxylation sites is 3. The third kappa shape index (κ3) is 23.4. The summed E-state index contributed by atoms with van der Waals surface area (Å²) >= 11 is 0. The third-order valence-electron chi connectivity index (χ3n) is 26.8. The second kappa shape index (κ2) is 42.8. The van der Waals surface area contributed by atoms with Gasteiger partial charge >= 0.3 is 40.8 Å². The molecule has 0 atom stereocenters. The summed E-state index contributed by atoms with van der Waals surface area (Å²) in [7, 11) is -13.9. The molecule has 0 amide bonds. The standard InChI is InChI=1S/C20H33NO.C18H29N.3C17H24N2O2S.C16H22N2O2S/c1-15(2)16-8-9-17(18(12-16)19(3,4)5)13-21-10-11-22-14-20(21,6)7;1-14(2)15-9-10-17(16(13-15)18(3,4)5)19-11-7-6-8-12-19;1-13(2)17-14(3)19(16-10-6-5-9-15(16)17)22(20,21)18-11-7-4-8-12-18;1-13(2)16-12-19(17-14(3)8-7-9-15(16)17)22(20,21)18-10-5-4-6-11-18;1-13(2)16-12-19(17-11-14(3)7-8-15(16)17)22(20,21)18-9-5-4-6-10-18;1-13(2)15-12-18(16-9-5-4-8-14(15)16)21(19,20)17-10-6-3-7-11-17/h8-9,12,15H,10-11,13-14H2,1-7H3;9-10,13-14H,6-8,11-12H2,1-5H3;5-6,9-10,13H,4,7-8,11-12H2,1-3H3;7-9,12-13H,4-6,10-11H2,1-3H3;7-8,11-13H,4-6,9-10H2,1-3H3;4-5,8-9,12-13H,3,6-7,10-11H2,1-2H3. The maximum atomic E-state index is 13.1. The lowest BCUT2D eigenvalue weighted by molar-refractivity contribution is -0.0554. The van der Waals surface area contributed by atoms with E-state index in [4.69, 9.17) is 4.74 Å². The van der Waals surface area contributed by atoms with E-state index in [1.807, 2.05) is 118 Å². The van der Waals surface area contributed by atoms with E-state index < -0.39 is 40.8 Å². The highest BCUT2D eigenvalue weighted by atomic mass is 32.2. The van der Waals surface area contributed by atoms with Crippen molar-refractivity contribution in [3.63, 3.8) is 0 Å². The van der Waals surface area contributed by atoms with Crippen molar-refractivity contribution in [1.82, 2.24) is 38.0 Å². The molecular weight excluding hydrogens is 1670 g/mol. The van der Waals surface area contributed by atoms with Gasteiger partial charge in [0.05, 0.1) is 35.3 Å². The Morgan fingerprint density at radius 2 is 0.781 bits per heavy atom. The van der Waals surface area contributed by atoms with Gasteiger partial charge in [-0.1, -0.05) is 247 Å². The molecule has 19 nitrogen and oxygen atoms in total. The average molecular weight is 1830 g/mol. The van der Waals surface area contributed by atoms with E-state index in [2.05, 4.69) is 185 Å². The molecule has 0 bridgehead atoms. The molecular formula is C105H156N10O9S4. The van der Waals surface area contributed by atoms with E-state index in [1.165, 1.54) is 77.8 Å². The Morgan fingerprint density at radius 3 is 1.25 bits per heavy atom. The van der Waals surface area contributed by atoms with Gasteiger partial charge in [-0.3, -0.25) is 4.90 Å². The second-order valence-electron chi connectivity index (χ2n) is 41.3. The van der Waals surface area contributed by atoms with Gasteiger partial charge in [0.15, 0.2) is 0 Å². The van der Waals surface area contributed by atoms with Crippen molar-refractivity contribution in [2.45, 2.75) is 314 Å². The average Bonchev–Trinajstić information content (AvgIpc) is 1.59. The summed E-state index contributed by atoms with van der Waals surface area (Å²) in [6.07, 6.45) is 21.6. The highest BCUT2D eigenvalue weighted by molar-refractivity contribution is 7.88. The van der Waals surface area contributed by atoms with Gasteiger partial charge in [0, 0.05) is 136 Å². The number of nitrogens with zero attached hydrogens (tertiary/aromatic N) is 10. The van der Waals surface area contributed by atoms with Crippen LogP contribution in [0.1, 0.15) is 337 Å². The molecule has 0 unspecified atom stereocenters. The van der Waals surface area contributed by atoms with Crippen LogP contribution >= 0.6 is 0 Å². The van der Waals surface area contributed by atoms with Crippen molar-refractivity contribution in [1.29, 1.82) is 0 Å². The van der Waals surface area contributed by atoms with Gasteiger partial charge in [-0.25, -0.2) is 15.9 Å². The second-order valence-corrected chi connectivity index (χ2v) is 48.4. The maximum Gasteiger partial charge on any atom is 0.308 e. The van der Waals surface area contributed by atoms with Gasteiger partial charge in [-0.2, -0.15) is 50.9 Å². The Hall–Kier alpha value is -7.16. The summed E-state index contributed by atoms with van der Waals surface area (Å²) in [4.78, 5) is 5.16. The molecule has 0 N–H and O–H groups in total. The lowest BCUT2D eigenvalue weighted by Crippen LogP contribution is -2.52. The largest absolute Gasteiger partial charge is 0.378 e. The monoisotopic (exact) mass is 1830 g/mol. The number of ether oxygens (including phenoxy) is 1. The van der Waals surface area contributed by atoms with Gasteiger partial charge in [-0.05, 0) is 237 Å². The SMILES string of the molecule is CC(C)c1ccc(CN2CCOCC2(C)C)c(C(C)(C)C)c1.CC(C)c1ccc(N2CCCCC2)c(C(C)(C)C)c1.CC(C)c1cn(S(=O)(=O)N2CCCCC2)c2ccccc12.Cc1c(C(C)C)c2ccccc2n1S(=O)(=O)N1CCCCC1.Cc1ccc2c(C(C)C)cn(S(=O)(=O)N3CCCCC3)c2c1.Cc1cccc2c(C(C)C)cn(S(=O)(=O)N3CCCCC3)c12. The van der Waals surface area contributed by atoms with Crippen LogP contribution in [0.5, 0.6) is 0 Å². The Labute approximate surface area is 772 Å². The molecule has 6 aliphatic heterocycles. The van der Waals surface area contributed by atoms with Crippen molar-refractivity contribution < 1.29 is 38.4 Å². The molecule has 0 saturated carbocycles. The molecule has 4 aromatic heterocycles. The Kier molecular flexibility index (Phi) is 33.9. The molecule has 0 spiro atoms. The van der Waals surface area contributed by atoms with Gasteiger partial charge in [0.1, 0.15) is 0 Å². The van der Waals surface area contributed by atoms with Crippen molar-refractivity contribution in [3.05, 3.63) is 207 Å². The molecule has 16 rings (SSSR count). The highest BCUT2D eigenvalue weighted by Gasteiger charge is 2.37. The number of hydrogen-bond acceptors (Lipinski definition) is 11. The van der Waals surface area contributed by atoms with Crippen LogP contribution in [0.15, 0.2) is 140 Å². The number of piperidine rings is 5. The van der Waals surface area contributed by atoms with E-state index in [-0.39, 0.29) is 16.4 Å². The summed E-state index contributed by atoms with van der Waals surface area (Å²) in [5.41, 5.74) is 19.9. The molecule has 128 heavy (non-hydrogen) atoms. The lowest BCUT2D eigenvalue weighted by atomic mass is 9.81. The fourth-order valence-electron chi connectivity index (χ4n) is 19.3. The number of hydrogen-bond donors (Lipinski definition) is 0. The van der Waals surface area contributed by atoms with Gasteiger partial charge in [0.2, 0.25) is 0 Å². The van der Waals surface area contributed by atoms with Crippen LogP contribution < -0.4 is 4.90 Å². The third-order valence-corrected chi connectivity index (χ3v) is 34.2. The van der Waals surface area contributed by atoms with E-state index in [0.717, 1.165) is 186 Å². The summed E-state index contributed by atoms with van der Waals surface area (Å²) in [5, 5.41) is 4.18. The van der Waals surface area contributed by atoms with E-state index in [9.17, 15) is 33.7 Å². The lowest BCUT2D eigenvalue weighted by Gasteiger charge is -2.43. The molecule has 10 aromatic rings. The molecule has 6 aliphatic rings. The minimum Gasteiger partial charge on any atom is -0.378 e. The van der Waals surface area contributed by atoms with Crippen LogP contribution in [0.2, 0.25) is 0 Å². The van der Waals surface area contributed by atoms with E-state index >= 15 is 0 Å². The molecule has 6 aromatic carbocycles. The summed E-state index contributed by atoms with van der Waals surface area (Å²) in [5.74, 6) is 2.37. The van der Waals surface area contributed by atoms with Gasteiger partial charge in [-0.15, -0.1) is 0 Å². The Bertz CT molecular complexity index is 5870. The van der Waals surface area contributed by atoms with Crippen LogP contribution in [-0.4, -0.2) is 162 Å². The minimum atomic E-state index is -3.48. The number of aryl methyl sites for hydroxylation is 2. The normalized spacial score (nSPS) is 17.8. The summed E-state index contributed by atoms with van der Waals surface area (Å²) < 4.78 is 123. The number of fused-ring (bicyclic) bond motifs is 4. The quantitative estimate of drug-likeness (QED) is 0.0845. The minimum absolute atomic E-state index is 0.115. The first kappa shape index (κ1) is 101. The van der Waals surface area contributed by atoms with Crippen molar-refractivity contribution in [3.8, 4) is 0 Å². The highest BCUT2D eigenvalue weighted by Crippen LogP contribution is 2.41. The van der Waals surface area contributed by atoms with Crippen molar-refractivity contribution in [2.75, 3.05) is 90.1 Å². The van der Waals surface area contributed by atoms with Gasteiger partial charge in [0.25, 0.3) is 0 Å². The molecule has 10 heterocycles. The summed E-state index contributed by atoms with van der Waals surface area (Å²) in [6.45, 7) is 61.6. The Morgan fingerprint density at radius 1 is 0.375 bits per heavy atom. The number of rotatable bonds is 17. The molecule has 704 valence electrons.